The number of carbonyl (C=O) groups excluding carboxylic acids is 1. The van der Waals surface area contributed by atoms with E-state index in [1.54, 1.807) is 12.0 Å². The second-order valence-electron chi connectivity index (χ2n) is 5.43. The van der Waals surface area contributed by atoms with Crippen LogP contribution in [0, 0.1) is 11.8 Å². The molecular formula is C15H17NO4. The van der Waals surface area contributed by atoms with Gasteiger partial charge in [-0.1, -0.05) is 6.07 Å². The van der Waals surface area contributed by atoms with Crippen LogP contribution in [0.3, 0.4) is 0 Å². The van der Waals surface area contributed by atoms with Gasteiger partial charge in [-0.05, 0) is 36.1 Å². The Kier molecular flexibility index (Phi) is 3.12. The number of hydrogen-bond acceptors (Lipinski definition) is 3. The van der Waals surface area contributed by atoms with Crippen molar-refractivity contribution in [1.29, 1.82) is 0 Å². The zero-order valence-corrected chi connectivity index (χ0v) is 11.3. The second kappa shape index (κ2) is 4.81. The smallest absolute Gasteiger partial charge is 0.307 e. The number of methoxy groups -OCH3 is 1. The number of rotatable bonds is 3. The van der Waals surface area contributed by atoms with E-state index in [4.69, 9.17) is 9.84 Å². The first-order chi connectivity index (χ1) is 9.60. The summed E-state index contributed by atoms with van der Waals surface area (Å²) in [5.74, 6) is -0.893. The van der Waals surface area contributed by atoms with Gasteiger partial charge in [0.2, 0.25) is 5.91 Å². The summed E-state index contributed by atoms with van der Waals surface area (Å²) in [5.41, 5.74) is 2.33. The molecular weight excluding hydrogens is 258 g/mol. The number of amides is 1. The molecule has 1 saturated carbocycles. The molecule has 5 nitrogen and oxygen atoms in total. The molecule has 1 aromatic rings. The molecule has 1 aliphatic carbocycles. The highest BCUT2D eigenvalue weighted by molar-refractivity contribution is 5.89. The van der Waals surface area contributed by atoms with E-state index in [0.717, 1.165) is 17.7 Å². The maximum absolute atomic E-state index is 12.3. The molecule has 2 atom stereocenters. The molecule has 3 rings (SSSR count). The number of ether oxygens (including phenoxy) is 1. The molecule has 1 heterocycles. The van der Waals surface area contributed by atoms with Gasteiger partial charge in [-0.15, -0.1) is 0 Å². The Morgan fingerprint density at radius 3 is 2.75 bits per heavy atom. The van der Waals surface area contributed by atoms with Crippen molar-refractivity contribution in [3.63, 3.8) is 0 Å². The number of carboxylic acid groups (broad SMARTS) is 1. The van der Waals surface area contributed by atoms with Gasteiger partial charge in [0, 0.05) is 13.1 Å². The molecule has 0 bridgehead atoms. The van der Waals surface area contributed by atoms with Crippen molar-refractivity contribution < 1.29 is 19.4 Å². The quantitative estimate of drug-likeness (QED) is 0.903. The topological polar surface area (TPSA) is 66.8 Å². The Bertz CT molecular complexity index is 569. The summed E-state index contributed by atoms with van der Waals surface area (Å²) in [5, 5.41) is 8.91. The van der Waals surface area contributed by atoms with Crippen molar-refractivity contribution in [2.45, 2.75) is 19.4 Å². The van der Waals surface area contributed by atoms with Crippen molar-refractivity contribution in [3.05, 3.63) is 29.3 Å². The largest absolute Gasteiger partial charge is 0.497 e. The highest BCUT2D eigenvalue weighted by Crippen LogP contribution is 2.41. The predicted molar refractivity (Wildman–Crippen MR) is 71.3 cm³/mol. The standard InChI is InChI=1S/C15H17NO4/c1-20-11-3-2-9-4-5-16(8-10(9)6-11)14(17)12-7-13(12)15(18)19/h2-3,6,12-13H,4-5,7-8H2,1H3,(H,18,19). The van der Waals surface area contributed by atoms with E-state index in [9.17, 15) is 9.59 Å². The van der Waals surface area contributed by atoms with Crippen LogP contribution in [0.4, 0.5) is 0 Å². The first kappa shape index (κ1) is 13.0. The SMILES string of the molecule is COc1ccc2c(c1)CN(C(=O)C1CC1C(=O)O)CC2. The van der Waals surface area contributed by atoms with Crippen molar-refractivity contribution in [1.82, 2.24) is 4.90 Å². The van der Waals surface area contributed by atoms with E-state index in [1.165, 1.54) is 5.56 Å². The molecule has 5 heteroatoms. The summed E-state index contributed by atoms with van der Waals surface area (Å²) in [7, 11) is 1.62. The lowest BCUT2D eigenvalue weighted by atomic mass is 9.99. The van der Waals surface area contributed by atoms with E-state index in [2.05, 4.69) is 0 Å². The molecule has 2 aliphatic rings. The third kappa shape index (κ3) is 2.24. The number of benzene rings is 1. The lowest BCUT2D eigenvalue weighted by Gasteiger charge is -2.29. The average molecular weight is 275 g/mol. The van der Waals surface area contributed by atoms with Crippen LogP contribution in [0.2, 0.25) is 0 Å². The summed E-state index contributed by atoms with van der Waals surface area (Å²) in [6, 6.07) is 5.92. The number of fused-ring (bicyclic) bond motifs is 1. The van der Waals surface area contributed by atoms with Gasteiger partial charge in [-0.2, -0.15) is 0 Å². The first-order valence-corrected chi connectivity index (χ1v) is 6.77. The molecule has 1 N–H and O–H groups in total. The van der Waals surface area contributed by atoms with Crippen LogP contribution in [-0.4, -0.2) is 35.5 Å². The third-order valence-electron chi connectivity index (χ3n) is 4.16. The Morgan fingerprint density at radius 1 is 1.30 bits per heavy atom. The molecule has 1 amide bonds. The van der Waals surface area contributed by atoms with Crippen molar-refractivity contribution >= 4 is 11.9 Å². The molecule has 0 spiro atoms. The molecule has 1 aromatic carbocycles. The van der Waals surface area contributed by atoms with Gasteiger partial charge in [-0.25, -0.2) is 0 Å². The number of hydrogen-bond donors (Lipinski definition) is 1. The van der Waals surface area contributed by atoms with Crippen molar-refractivity contribution in [3.8, 4) is 5.75 Å². The molecule has 106 valence electrons. The fraction of sp³-hybridized carbons (Fsp3) is 0.467. The monoisotopic (exact) mass is 275 g/mol. The maximum Gasteiger partial charge on any atom is 0.307 e. The van der Waals surface area contributed by atoms with Crippen molar-refractivity contribution in [2.75, 3.05) is 13.7 Å². The normalized spacial score (nSPS) is 23.9. The zero-order chi connectivity index (χ0) is 14.3. The Hall–Kier alpha value is -2.04. The van der Waals surface area contributed by atoms with Crippen LogP contribution in [0.15, 0.2) is 18.2 Å². The average Bonchev–Trinajstić information content (AvgIpc) is 3.26. The van der Waals surface area contributed by atoms with Crippen LogP contribution in [0.25, 0.3) is 0 Å². The van der Waals surface area contributed by atoms with Crippen LogP contribution < -0.4 is 4.74 Å². The Morgan fingerprint density at radius 2 is 2.10 bits per heavy atom. The molecule has 0 saturated heterocycles. The highest BCUT2D eigenvalue weighted by Gasteiger charge is 2.50. The lowest BCUT2D eigenvalue weighted by Crippen LogP contribution is -2.37. The summed E-state index contributed by atoms with van der Waals surface area (Å²) in [4.78, 5) is 24.9. The molecule has 20 heavy (non-hydrogen) atoms. The summed E-state index contributed by atoms with van der Waals surface area (Å²) >= 11 is 0. The summed E-state index contributed by atoms with van der Waals surface area (Å²) in [6.07, 6.45) is 1.30. The molecule has 0 radical (unpaired) electrons. The van der Waals surface area contributed by atoms with Crippen LogP contribution in [0.5, 0.6) is 5.75 Å². The van der Waals surface area contributed by atoms with Gasteiger partial charge in [0.15, 0.2) is 0 Å². The Balaban J connectivity index is 1.72. The number of carbonyl (C=O) groups is 2. The maximum atomic E-state index is 12.3. The lowest BCUT2D eigenvalue weighted by molar-refractivity contribution is -0.142. The first-order valence-electron chi connectivity index (χ1n) is 6.77. The predicted octanol–water partition coefficient (Wildman–Crippen LogP) is 1.30. The number of carboxylic acids is 1. The molecule has 0 aromatic heterocycles. The number of aliphatic carboxylic acids is 1. The zero-order valence-electron chi connectivity index (χ0n) is 11.3. The van der Waals surface area contributed by atoms with Gasteiger partial charge < -0.3 is 14.7 Å². The van der Waals surface area contributed by atoms with Crippen LogP contribution in [-0.2, 0) is 22.6 Å². The van der Waals surface area contributed by atoms with E-state index >= 15 is 0 Å². The minimum Gasteiger partial charge on any atom is -0.497 e. The van der Waals surface area contributed by atoms with E-state index in [0.29, 0.717) is 19.5 Å². The summed E-state index contributed by atoms with van der Waals surface area (Å²) in [6.45, 7) is 1.22. The van der Waals surface area contributed by atoms with Gasteiger partial charge in [0.05, 0.1) is 18.9 Å². The van der Waals surface area contributed by atoms with E-state index in [1.807, 2.05) is 18.2 Å². The number of nitrogens with zero attached hydrogens (tertiary/aromatic N) is 1. The summed E-state index contributed by atoms with van der Waals surface area (Å²) < 4.78 is 5.20. The fourth-order valence-electron chi connectivity index (χ4n) is 2.82. The van der Waals surface area contributed by atoms with Gasteiger partial charge in [0.25, 0.3) is 0 Å². The van der Waals surface area contributed by atoms with E-state index in [-0.39, 0.29) is 11.8 Å². The van der Waals surface area contributed by atoms with Gasteiger partial charge in [-0.3, -0.25) is 9.59 Å². The fourth-order valence-corrected chi connectivity index (χ4v) is 2.82. The molecule has 1 aliphatic heterocycles. The minimum absolute atomic E-state index is 0.0223. The molecule has 2 unspecified atom stereocenters. The van der Waals surface area contributed by atoms with Crippen LogP contribution in [0.1, 0.15) is 17.5 Å². The third-order valence-corrected chi connectivity index (χ3v) is 4.16. The van der Waals surface area contributed by atoms with Crippen LogP contribution >= 0.6 is 0 Å². The van der Waals surface area contributed by atoms with Crippen molar-refractivity contribution in [2.24, 2.45) is 11.8 Å². The Labute approximate surface area is 117 Å². The van der Waals surface area contributed by atoms with E-state index < -0.39 is 11.9 Å². The van der Waals surface area contributed by atoms with Gasteiger partial charge >= 0.3 is 5.97 Å². The molecule has 1 fully saturated rings. The second-order valence-corrected chi connectivity index (χ2v) is 5.43. The van der Waals surface area contributed by atoms with Gasteiger partial charge in [0.1, 0.15) is 5.75 Å². The highest BCUT2D eigenvalue weighted by atomic mass is 16.5. The minimum atomic E-state index is -0.859.